The van der Waals surface area contributed by atoms with Crippen molar-refractivity contribution in [2.75, 3.05) is 5.32 Å². The van der Waals surface area contributed by atoms with Crippen molar-refractivity contribution < 1.29 is 14.7 Å². The number of urea groups is 1. The van der Waals surface area contributed by atoms with E-state index in [2.05, 4.69) is 10.6 Å². The minimum Gasteiger partial charge on any atom is -0.478 e. The van der Waals surface area contributed by atoms with Crippen LogP contribution >= 0.6 is 22.6 Å². The molecule has 0 saturated carbocycles. The summed E-state index contributed by atoms with van der Waals surface area (Å²) in [5.41, 5.74) is 0.392. The monoisotopic (exact) mass is 372 g/mol. The van der Waals surface area contributed by atoms with Gasteiger partial charge in [-0.2, -0.15) is 0 Å². The van der Waals surface area contributed by atoms with Crippen molar-refractivity contribution in [3.8, 4) is 0 Å². The number of hydrogen-bond donors (Lipinski definition) is 3. The third-order valence-corrected chi connectivity index (χ3v) is 3.47. The molecular formula is C13H13IN2O3. The van der Waals surface area contributed by atoms with Crippen LogP contribution in [0.4, 0.5) is 10.5 Å². The van der Waals surface area contributed by atoms with Gasteiger partial charge in [0.1, 0.15) is 0 Å². The lowest BCUT2D eigenvalue weighted by molar-refractivity contribution is 0.0698. The van der Waals surface area contributed by atoms with Gasteiger partial charge >= 0.3 is 12.0 Å². The van der Waals surface area contributed by atoms with Crippen molar-refractivity contribution in [3.05, 3.63) is 39.5 Å². The molecular weight excluding hydrogens is 359 g/mol. The maximum atomic E-state index is 11.8. The molecule has 0 radical (unpaired) electrons. The second-order valence-electron chi connectivity index (χ2n) is 4.23. The van der Waals surface area contributed by atoms with Crippen LogP contribution in [0.3, 0.4) is 0 Å². The molecule has 1 aromatic rings. The lowest BCUT2D eigenvalue weighted by Gasteiger charge is -2.14. The van der Waals surface area contributed by atoms with E-state index in [1.165, 1.54) is 6.07 Å². The SMILES string of the molecule is O=C(Nc1ccc(I)cc1C(=O)O)NC1CC=CC1. The van der Waals surface area contributed by atoms with E-state index < -0.39 is 5.97 Å². The minimum absolute atomic E-state index is 0.0894. The van der Waals surface area contributed by atoms with Gasteiger partial charge in [-0.1, -0.05) is 12.2 Å². The Morgan fingerprint density at radius 1 is 1.26 bits per heavy atom. The van der Waals surface area contributed by atoms with Gasteiger partial charge in [0.25, 0.3) is 0 Å². The van der Waals surface area contributed by atoms with Gasteiger partial charge in [0.15, 0.2) is 0 Å². The maximum Gasteiger partial charge on any atom is 0.337 e. The van der Waals surface area contributed by atoms with Crippen molar-refractivity contribution in [3.63, 3.8) is 0 Å². The van der Waals surface area contributed by atoms with E-state index in [1.807, 2.05) is 34.7 Å². The molecule has 0 fully saturated rings. The lowest BCUT2D eigenvalue weighted by Crippen LogP contribution is -2.36. The van der Waals surface area contributed by atoms with Crippen molar-refractivity contribution in [1.29, 1.82) is 0 Å². The van der Waals surface area contributed by atoms with Gasteiger partial charge in [-0.25, -0.2) is 9.59 Å². The highest BCUT2D eigenvalue weighted by Crippen LogP contribution is 2.19. The number of halogens is 1. The summed E-state index contributed by atoms with van der Waals surface area (Å²) in [5, 5.41) is 14.5. The first kappa shape index (κ1) is 13.9. The summed E-state index contributed by atoms with van der Waals surface area (Å²) in [6.07, 6.45) is 5.65. The van der Waals surface area contributed by atoms with E-state index in [0.717, 1.165) is 16.4 Å². The van der Waals surface area contributed by atoms with Crippen LogP contribution in [-0.2, 0) is 0 Å². The summed E-state index contributed by atoms with van der Waals surface area (Å²) in [7, 11) is 0. The average molecular weight is 372 g/mol. The van der Waals surface area contributed by atoms with Crippen LogP contribution < -0.4 is 10.6 Å². The number of nitrogens with one attached hydrogen (secondary N) is 2. The van der Waals surface area contributed by atoms with Gasteiger partial charge in [0.2, 0.25) is 0 Å². The van der Waals surface area contributed by atoms with Crippen molar-refractivity contribution >= 4 is 40.3 Å². The second-order valence-corrected chi connectivity index (χ2v) is 5.48. The fourth-order valence-corrected chi connectivity index (χ4v) is 2.37. The minimum atomic E-state index is -1.06. The maximum absolute atomic E-state index is 11.8. The largest absolute Gasteiger partial charge is 0.478 e. The van der Waals surface area contributed by atoms with Crippen LogP contribution in [0.2, 0.25) is 0 Å². The molecule has 0 unspecified atom stereocenters. The van der Waals surface area contributed by atoms with Crippen LogP contribution in [0.5, 0.6) is 0 Å². The summed E-state index contributed by atoms with van der Waals surface area (Å²) in [5.74, 6) is -1.06. The molecule has 0 saturated heterocycles. The van der Waals surface area contributed by atoms with E-state index >= 15 is 0 Å². The fourth-order valence-electron chi connectivity index (χ4n) is 1.88. The molecule has 0 spiro atoms. The zero-order chi connectivity index (χ0) is 13.8. The molecule has 0 aliphatic heterocycles. The van der Waals surface area contributed by atoms with Gasteiger partial charge in [-0.3, -0.25) is 0 Å². The number of benzene rings is 1. The molecule has 0 aromatic heterocycles. The standard InChI is InChI=1S/C13H13IN2O3/c14-8-5-6-11(10(7-8)12(17)18)16-13(19)15-9-3-1-2-4-9/h1-2,5-7,9H,3-4H2,(H,17,18)(H2,15,16,19). The third-order valence-electron chi connectivity index (χ3n) is 2.80. The molecule has 5 nitrogen and oxygen atoms in total. The Morgan fingerprint density at radius 3 is 2.58 bits per heavy atom. The molecule has 0 heterocycles. The van der Waals surface area contributed by atoms with Crippen molar-refractivity contribution in [1.82, 2.24) is 5.32 Å². The van der Waals surface area contributed by atoms with E-state index in [4.69, 9.17) is 5.11 Å². The number of aromatic carboxylic acids is 1. The highest BCUT2D eigenvalue weighted by atomic mass is 127. The Balaban J connectivity index is 2.05. The molecule has 1 aliphatic rings. The molecule has 3 N–H and O–H groups in total. The first-order valence-electron chi connectivity index (χ1n) is 5.81. The molecule has 2 amide bonds. The summed E-state index contributed by atoms with van der Waals surface area (Å²) < 4.78 is 0.806. The lowest BCUT2D eigenvalue weighted by atomic mass is 10.2. The number of carbonyl (C=O) groups excluding carboxylic acids is 1. The Bertz CT molecular complexity index is 535. The highest BCUT2D eigenvalue weighted by Gasteiger charge is 2.16. The first-order valence-corrected chi connectivity index (χ1v) is 6.89. The van der Waals surface area contributed by atoms with Crippen LogP contribution in [0.15, 0.2) is 30.4 Å². The summed E-state index contributed by atoms with van der Waals surface area (Å²) >= 11 is 2.03. The second kappa shape index (κ2) is 6.05. The van der Waals surface area contributed by atoms with E-state index in [-0.39, 0.29) is 17.6 Å². The number of carboxylic acid groups (broad SMARTS) is 1. The molecule has 19 heavy (non-hydrogen) atoms. The summed E-state index contributed by atoms with van der Waals surface area (Å²) in [6.45, 7) is 0. The smallest absolute Gasteiger partial charge is 0.337 e. The number of amides is 2. The van der Waals surface area contributed by atoms with Crippen LogP contribution in [0.1, 0.15) is 23.2 Å². The van der Waals surface area contributed by atoms with Gasteiger partial charge in [0, 0.05) is 9.61 Å². The number of hydrogen-bond acceptors (Lipinski definition) is 2. The first-order chi connectivity index (χ1) is 9.06. The molecule has 1 aliphatic carbocycles. The van der Waals surface area contributed by atoms with E-state index in [9.17, 15) is 9.59 Å². The van der Waals surface area contributed by atoms with E-state index in [0.29, 0.717) is 5.69 Å². The Kier molecular flexibility index (Phi) is 4.41. The van der Waals surface area contributed by atoms with Gasteiger partial charge in [-0.05, 0) is 53.6 Å². The Labute approximate surface area is 124 Å². The van der Waals surface area contributed by atoms with Crippen LogP contribution in [0, 0.1) is 3.57 Å². The molecule has 1 aromatic carbocycles. The fraction of sp³-hybridized carbons (Fsp3) is 0.231. The van der Waals surface area contributed by atoms with Gasteiger partial charge < -0.3 is 15.7 Å². The number of carbonyl (C=O) groups is 2. The number of carboxylic acids is 1. The molecule has 6 heteroatoms. The summed E-state index contributed by atoms with van der Waals surface area (Å²) in [4.78, 5) is 22.9. The third kappa shape index (κ3) is 3.69. The van der Waals surface area contributed by atoms with E-state index in [1.54, 1.807) is 12.1 Å². The van der Waals surface area contributed by atoms with Crippen molar-refractivity contribution in [2.45, 2.75) is 18.9 Å². The molecule has 2 rings (SSSR count). The number of anilines is 1. The zero-order valence-electron chi connectivity index (χ0n) is 10.0. The normalized spacial score (nSPS) is 14.4. The summed E-state index contributed by atoms with van der Waals surface area (Å²) in [6, 6.07) is 4.59. The topological polar surface area (TPSA) is 78.4 Å². The quantitative estimate of drug-likeness (QED) is 0.564. The zero-order valence-corrected chi connectivity index (χ0v) is 12.2. The van der Waals surface area contributed by atoms with Gasteiger partial charge in [-0.15, -0.1) is 0 Å². The predicted octanol–water partition coefficient (Wildman–Crippen LogP) is 2.83. The average Bonchev–Trinajstić information content (AvgIpc) is 2.83. The van der Waals surface area contributed by atoms with Gasteiger partial charge in [0.05, 0.1) is 11.3 Å². The van der Waals surface area contributed by atoms with Crippen molar-refractivity contribution in [2.24, 2.45) is 0 Å². The predicted molar refractivity (Wildman–Crippen MR) is 80.4 cm³/mol. The molecule has 0 atom stereocenters. The van der Waals surface area contributed by atoms with Crippen LogP contribution in [0.25, 0.3) is 0 Å². The highest BCUT2D eigenvalue weighted by molar-refractivity contribution is 14.1. The Morgan fingerprint density at radius 2 is 1.95 bits per heavy atom. The number of rotatable bonds is 3. The van der Waals surface area contributed by atoms with Crippen LogP contribution in [-0.4, -0.2) is 23.1 Å². The molecule has 100 valence electrons. The Hall–Kier alpha value is -1.57. The molecule has 0 bridgehead atoms.